The van der Waals surface area contributed by atoms with Crippen LogP contribution in [0.15, 0.2) is 36.4 Å². The predicted octanol–water partition coefficient (Wildman–Crippen LogP) is 4.72. The van der Waals surface area contributed by atoms with Crippen LogP contribution in [0.2, 0.25) is 5.02 Å². The average molecular weight is 323 g/mol. The molecule has 0 aliphatic carbocycles. The monoisotopic (exact) mass is 322 g/mol. The Labute approximate surface area is 121 Å². The summed E-state index contributed by atoms with van der Waals surface area (Å²) in [6, 6.07) is 5.74. The number of hydrogen-bond donors (Lipinski definition) is 1. The summed E-state index contributed by atoms with van der Waals surface area (Å²) in [7, 11) is 0. The second-order valence-corrected chi connectivity index (χ2v) is 4.69. The number of hydrogen-bond acceptors (Lipinski definition) is 1. The van der Waals surface area contributed by atoms with E-state index in [0.29, 0.717) is 12.1 Å². The minimum absolute atomic E-state index is 0.273. The van der Waals surface area contributed by atoms with Crippen LogP contribution >= 0.6 is 11.6 Å². The molecule has 0 saturated heterocycles. The first-order chi connectivity index (χ1) is 9.71. The lowest BCUT2D eigenvalue weighted by Crippen LogP contribution is -2.11. The van der Waals surface area contributed by atoms with E-state index in [9.17, 15) is 27.1 Å². The minimum atomic E-state index is -4.91. The fourth-order valence-electron chi connectivity index (χ4n) is 1.84. The lowest BCUT2D eigenvalue weighted by atomic mass is 9.99. The highest BCUT2D eigenvalue weighted by Crippen LogP contribution is 2.35. The molecule has 0 saturated carbocycles. The third-order valence-electron chi connectivity index (χ3n) is 2.89. The van der Waals surface area contributed by atoms with E-state index < -0.39 is 29.5 Å². The Kier molecular flexibility index (Phi) is 4.20. The summed E-state index contributed by atoms with van der Waals surface area (Å²) in [4.78, 5) is 0. The highest BCUT2D eigenvalue weighted by molar-refractivity contribution is 6.30. The maximum atomic E-state index is 13.8. The van der Waals surface area contributed by atoms with Crippen LogP contribution in [0.3, 0.4) is 0 Å². The molecular weight excluding hydrogens is 315 g/mol. The van der Waals surface area contributed by atoms with Crippen LogP contribution in [0.4, 0.5) is 22.0 Å². The molecule has 0 aromatic heterocycles. The van der Waals surface area contributed by atoms with Gasteiger partial charge in [0.15, 0.2) is 0 Å². The summed E-state index contributed by atoms with van der Waals surface area (Å²) in [6.45, 7) is 0. The molecule has 1 N–H and O–H groups in total. The van der Waals surface area contributed by atoms with Crippen LogP contribution in [0.25, 0.3) is 0 Å². The summed E-state index contributed by atoms with van der Waals surface area (Å²) in [6.07, 6.45) is -6.60. The van der Waals surface area contributed by atoms with Gasteiger partial charge in [-0.3, -0.25) is 0 Å². The van der Waals surface area contributed by atoms with Crippen molar-refractivity contribution in [2.75, 3.05) is 0 Å². The molecule has 1 nitrogen and oxygen atoms in total. The molecule has 0 bridgehead atoms. The molecule has 0 heterocycles. The largest absolute Gasteiger partial charge is 0.419 e. The Morgan fingerprint density at radius 3 is 2.33 bits per heavy atom. The van der Waals surface area contributed by atoms with Gasteiger partial charge in [0.05, 0.1) is 10.6 Å². The van der Waals surface area contributed by atoms with E-state index in [1.54, 1.807) is 0 Å². The first-order valence-electron chi connectivity index (χ1n) is 5.70. The summed E-state index contributed by atoms with van der Waals surface area (Å²) in [5, 5.41) is 9.72. The van der Waals surface area contributed by atoms with Crippen molar-refractivity contribution in [1.29, 1.82) is 0 Å². The minimum Gasteiger partial charge on any atom is -0.384 e. The average Bonchev–Trinajstić information content (AvgIpc) is 2.40. The van der Waals surface area contributed by atoms with Crippen molar-refractivity contribution >= 4 is 11.6 Å². The van der Waals surface area contributed by atoms with Gasteiger partial charge in [-0.15, -0.1) is 0 Å². The smallest absolute Gasteiger partial charge is 0.384 e. The second-order valence-electron chi connectivity index (χ2n) is 4.28. The number of aliphatic hydroxyl groups is 1. The molecule has 21 heavy (non-hydrogen) atoms. The molecule has 0 spiro atoms. The third kappa shape index (κ3) is 3.16. The van der Waals surface area contributed by atoms with E-state index in [1.807, 2.05) is 0 Å². The van der Waals surface area contributed by atoms with Gasteiger partial charge in [-0.05, 0) is 23.8 Å². The van der Waals surface area contributed by atoms with Gasteiger partial charge in [-0.2, -0.15) is 13.2 Å². The Morgan fingerprint density at radius 2 is 1.71 bits per heavy atom. The zero-order chi connectivity index (χ0) is 15.8. The SMILES string of the molecule is OC(c1ccc(F)c(C(F)(F)F)c1)c1cccc(Cl)c1F. The van der Waals surface area contributed by atoms with Gasteiger partial charge in [0.25, 0.3) is 0 Å². The Bertz CT molecular complexity index is 669. The lowest BCUT2D eigenvalue weighted by Gasteiger charge is -2.15. The Morgan fingerprint density at radius 1 is 1.05 bits per heavy atom. The topological polar surface area (TPSA) is 20.2 Å². The molecule has 2 aromatic carbocycles. The summed E-state index contributed by atoms with van der Waals surface area (Å²) < 4.78 is 64.8. The van der Waals surface area contributed by atoms with Crippen LogP contribution in [0, 0.1) is 11.6 Å². The highest BCUT2D eigenvalue weighted by Gasteiger charge is 2.35. The number of halogens is 6. The standard InChI is InChI=1S/C14H8ClF5O/c15-10-3-1-2-8(12(10)17)13(21)7-4-5-11(16)9(6-7)14(18,19)20/h1-6,13,21H. The van der Waals surface area contributed by atoms with Crippen molar-refractivity contribution in [2.45, 2.75) is 12.3 Å². The quantitative estimate of drug-likeness (QED) is 0.793. The van der Waals surface area contributed by atoms with Crippen molar-refractivity contribution in [3.63, 3.8) is 0 Å². The molecule has 1 unspecified atom stereocenters. The predicted molar refractivity (Wildman–Crippen MR) is 66.9 cm³/mol. The van der Waals surface area contributed by atoms with Gasteiger partial charge in [0.2, 0.25) is 0 Å². The van der Waals surface area contributed by atoms with Crippen molar-refractivity contribution in [3.8, 4) is 0 Å². The van der Waals surface area contributed by atoms with Crippen LogP contribution in [-0.4, -0.2) is 5.11 Å². The summed E-state index contributed by atoms with van der Waals surface area (Å²) in [5.74, 6) is -2.41. The summed E-state index contributed by atoms with van der Waals surface area (Å²) >= 11 is 5.55. The molecule has 2 aromatic rings. The normalized spacial score (nSPS) is 13.3. The number of aliphatic hydroxyl groups excluding tert-OH is 1. The first-order valence-corrected chi connectivity index (χ1v) is 6.08. The molecule has 0 fully saturated rings. The molecule has 0 radical (unpaired) electrons. The van der Waals surface area contributed by atoms with E-state index in [-0.39, 0.29) is 16.1 Å². The Hall–Kier alpha value is -1.66. The van der Waals surface area contributed by atoms with E-state index in [1.165, 1.54) is 18.2 Å². The molecule has 1 atom stereocenters. The van der Waals surface area contributed by atoms with Crippen molar-refractivity contribution in [1.82, 2.24) is 0 Å². The van der Waals surface area contributed by atoms with E-state index >= 15 is 0 Å². The van der Waals surface area contributed by atoms with Gasteiger partial charge in [0.1, 0.15) is 17.7 Å². The third-order valence-corrected chi connectivity index (χ3v) is 3.18. The van der Waals surface area contributed by atoms with Gasteiger partial charge >= 0.3 is 6.18 Å². The number of benzene rings is 2. The van der Waals surface area contributed by atoms with Crippen molar-refractivity contribution in [3.05, 3.63) is 69.7 Å². The molecule has 112 valence electrons. The van der Waals surface area contributed by atoms with Gasteiger partial charge in [-0.1, -0.05) is 29.8 Å². The molecular formula is C14H8ClF5O. The fourth-order valence-corrected chi connectivity index (χ4v) is 2.02. The lowest BCUT2D eigenvalue weighted by molar-refractivity contribution is -0.140. The van der Waals surface area contributed by atoms with Crippen molar-refractivity contribution in [2.24, 2.45) is 0 Å². The maximum absolute atomic E-state index is 13.8. The Balaban J connectivity index is 2.49. The number of alkyl halides is 3. The van der Waals surface area contributed by atoms with Crippen LogP contribution in [-0.2, 0) is 6.18 Å². The number of rotatable bonds is 2. The molecule has 2 rings (SSSR count). The maximum Gasteiger partial charge on any atom is 0.419 e. The molecule has 0 aliphatic rings. The van der Waals surface area contributed by atoms with E-state index in [2.05, 4.69) is 0 Å². The van der Waals surface area contributed by atoms with E-state index in [0.717, 1.165) is 6.07 Å². The fraction of sp³-hybridized carbons (Fsp3) is 0.143. The van der Waals surface area contributed by atoms with Crippen molar-refractivity contribution < 1.29 is 27.1 Å². The zero-order valence-corrected chi connectivity index (χ0v) is 11.0. The van der Waals surface area contributed by atoms with Crippen LogP contribution in [0.1, 0.15) is 22.8 Å². The van der Waals surface area contributed by atoms with Crippen LogP contribution < -0.4 is 0 Å². The second kappa shape index (κ2) is 5.61. The first kappa shape index (κ1) is 15.7. The van der Waals surface area contributed by atoms with Crippen LogP contribution in [0.5, 0.6) is 0 Å². The molecule has 7 heteroatoms. The molecule has 0 aliphatic heterocycles. The van der Waals surface area contributed by atoms with Gasteiger partial charge < -0.3 is 5.11 Å². The van der Waals surface area contributed by atoms with E-state index in [4.69, 9.17) is 11.6 Å². The van der Waals surface area contributed by atoms with Gasteiger partial charge in [-0.25, -0.2) is 8.78 Å². The summed E-state index contributed by atoms with van der Waals surface area (Å²) in [5.41, 5.74) is -2.10. The molecule has 0 amide bonds. The highest BCUT2D eigenvalue weighted by atomic mass is 35.5. The van der Waals surface area contributed by atoms with Gasteiger partial charge in [0, 0.05) is 5.56 Å². The zero-order valence-electron chi connectivity index (χ0n) is 10.3.